The highest BCUT2D eigenvalue weighted by atomic mass is 19.3. The van der Waals surface area contributed by atoms with Crippen LogP contribution >= 0.6 is 0 Å². The zero-order valence-corrected chi connectivity index (χ0v) is 11.1. The highest BCUT2D eigenvalue weighted by Crippen LogP contribution is 2.29. The number of likely N-dealkylation sites (tertiary alicyclic amines) is 1. The van der Waals surface area contributed by atoms with Crippen molar-refractivity contribution >= 4 is 0 Å². The summed E-state index contributed by atoms with van der Waals surface area (Å²) in [7, 11) is 0. The van der Waals surface area contributed by atoms with Crippen molar-refractivity contribution in [3.8, 4) is 0 Å². The molecule has 0 aliphatic carbocycles. The first kappa shape index (κ1) is 14.8. The van der Waals surface area contributed by atoms with Gasteiger partial charge >= 0.3 is 0 Å². The molecule has 2 heterocycles. The van der Waals surface area contributed by atoms with E-state index >= 15 is 0 Å². The van der Waals surface area contributed by atoms with Gasteiger partial charge in [-0.05, 0) is 6.54 Å². The Labute approximate surface area is 103 Å². The van der Waals surface area contributed by atoms with Gasteiger partial charge in [0.15, 0.2) is 0 Å². The number of morpholine rings is 1. The number of alkyl halides is 2. The fraction of sp³-hybridized carbons (Fsp3) is 1.00. The van der Waals surface area contributed by atoms with Crippen LogP contribution in [0, 0.1) is 0 Å². The SMILES string of the molecule is CC.CCN1CCOC2(C1)CN(CC(F)F)C2. The van der Waals surface area contributed by atoms with Gasteiger partial charge in [-0.3, -0.25) is 9.80 Å². The van der Waals surface area contributed by atoms with E-state index < -0.39 is 6.43 Å². The maximum absolute atomic E-state index is 12.1. The van der Waals surface area contributed by atoms with Crippen LogP contribution in [0.4, 0.5) is 8.78 Å². The second kappa shape index (κ2) is 6.61. The summed E-state index contributed by atoms with van der Waals surface area (Å²) in [4.78, 5) is 4.09. The molecule has 2 rings (SSSR count). The summed E-state index contributed by atoms with van der Waals surface area (Å²) in [5.41, 5.74) is -0.150. The minimum absolute atomic E-state index is 0.114. The van der Waals surface area contributed by atoms with Crippen molar-refractivity contribution < 1.29 is 13.5 Å². The Balaban J connectivity index is 0.000000686. The van der Waals surface area contributed by atoms with Crippen LogP contribution in [-0.2, 0) is 4.74 Å². The van der Waals surface area contributed by atoms with E-state index in [-0.39, 0.29) is 12.1 Å². The summed E-state index contributed by atoms with van der Waals surface area (Å²) in [5.74, 6) is 0. The molecule has 0 saturated carbocycles. The Hall–Kier alpha value is -0.260. The molecular weight excluding hydrogens is 226 g/mol. The van der Waals surface area contributed by atoms with Gasteiger partial charge in [0, 0.05) is 26.2 Å². The lowest BCUT2D eigenvalue weighted by Gasteiger charge is -2.53. The van der Waals surface area contributed by atoms with Gasteiger partial charge in [-0.15, -0.1) is 0 Å². The lowest BCUT2D eigenvalue weighted by Crippen LogP contribution is -2.70. The standard InChI is InChI=1S/C10H18F2N2O.C2H6/c1-2-13-3-4-15-10(6-13)7-14(8-10)5-9(11)12;1-2/h9H,2-8H2,1H3;1-2H3. The molecule has 102 valence electrons. The van der Waals surface area contributed by atoms with Crippen LogP contribution < -0.4 is 0 Å². The number of likely N-dealkylation sites (N-methyl/N-ethyl adjacent to an activating group) is 1. The molecular formula is C12H24F2N2O. The topological polar surface area (TPSA) is 15.7 Å². The number of nitrogens with zero attached hydrogens (tertiary/aromatic N) is 2. The molecule has 0 radical (unpaired) electrons. The lowest BCUT2D eigenvalue weighted by atomic mass is 9.92. The molecule has 0 aromatic rings. The van der Waals surface area contributed by atoms with Crippen molar-refractivity contribution in [1.29, 1.82) is 0 Å². The van der Waals surface area contributed by atoms with Gasteiger partial charge in [-0.2, -0.15) is 0 Å². The molecule has 5 heteroatoms. The molecule has 3 nitrogen and oxygen atoms in total. The highest BCUT2D eigenvalue weighted by molar-refractivity contribution is 5.01. The monoisotopic (exact) mass is 250 g/mol. The average molecular weight is 250 g/mol. The van der Waals surface area contributed by atoms with Crippen LogP contribution in [0.3, 0.4) is 0 Å². The largest absolute Gasteiger partial charge is 0.370 e. The van der Waals surface area contributed by atoms with Crippen molar-refractivity contribution in [3.63, 3.8) is 0 Å². The van der Waals surface area contributed by atoms with E-state index in [9.17, 15) is 8.78 Å². The molecule has 0 bridgehead atoms. The minimum Gasteiger partial charge on any atom is -0.370 e. The van der Waals surface area contributed by atoms with Crippen LogP contribution in [0.15, 0.2) is 0 Å². The van der Waals surface area contributed by atoms with Crippen LogP contribution in [0.25, 0.3) is 0 Å². The predicted molar refractivity (Wildman–Crippen MR) is 64.6 cm³/mol. The molecule has 2 aliphatic heterocycles. The van der Waals surface area contributed by atoms with E-state index in [1.807, 2.05) is 13.8 Å². The fourth-order valence-electron chi connectivity index (χ4n) is 2.48. The molecule has 1 spiro atoms. The van der Waals surface area contributed by atoms with E-state index in [1.165, 1.54) is 0 Å². The van der Waals surface area contributed by atoms with Crippen molar-refractivity contribution in [2.45, 2.75) is 32.8 Å². The second-order valence-electron chi connectivity index (χ2n) is 4.46. The zero-order valence-electron chi connectivity index (χ0n) is 11.1. The fourth-order valence-corrected chi connectivity index (χ4v) is 2.48. The normalized spacial score (nSPS) is 24.4. The maximum atomic E-state index is 12.1. The first-order valence-corrected chi connectivity index (χ1v) is 6.50. The zero-order chi connectivity index (χ0) is 12.9. The average Bonchev–Trinajstić information content (AvgIpc) is 2.29. The van der Waals surface area contributed by atoms with Crippen LogP contribution in [0.1, 0.15) is 20.8 Å². The van der Waals surface area contributed by atoms with Gasteiger partial charge in [0.05, 0.1) is 13.2 Å². The molecule has 17 heavy (non-hydrogen) atoms. The number of hydrogen-bond donors (Lipinski definition) is 0. The molecule has 0 atom stereocenters. The third kappa shape index (κ3) is 3.86. The first-order chi connectivity index (χ1) is 8.13. The first-order valence-electron chi connectivity index (χ1n) is 6.50. The summed E-state index contributed by atoms with van der Waals surface area (Å²) < 4.78 is 29.9. The Bertz CT molecular complexity index is 221. The Morgan fingerprint density at radius 2 is 1.76 bits per heavy atom. The molecule has 2 aliphatic rings. The summed E-state index contributed by atoms with van der Waals surface area (Å²) in [6.45, 7) is 10.9. The molecule has 0 unspecified atom stereocenters. The van der Waals surface area contributed by atoms with E-state index in [2.05, 4.69) is 11.8 Å². The molecule has 0 N–H and O–H groups in total. The summed E-state index contributed by atoms with van der Waals surface area (Å²) in [6.07, 6.45) is -2.23. The van der Waals surface area contributed by atoms with Crippen molar-refractivity contribution in [2.24, 2.45) is 0 Å². The molecule has 2 fully saturated rings. The Morgan fingerprint density at radius 1 is 1.18 bits per heavy atom. The van der Waals surface area contributed by atoms with Gasteiger partial charge in [-0.1, -0.05) is 20.8 Å². The minimum atomic E-state index is -2.23. The molecule has 0 amide bonds. The van der Waals surface area contributed by atoms with E-state index in [0.29, 0.717) is 13.1 Å². The number of halogens is 2. The van der Waals surface area contributed by atoms with Crippen molar-refractivity contribution in [1.82, 2.24) is 9.80 Å². The van der Waals surface area contributed by atoms with Crippen molar-refractivity contribution in [2.75, 3.05) is 45.9 Å². The van der Waals surface area contributed by atoms with E-state index in [0.717, 1.165) is 26.2 Å². The van der Waals surface area contributed by atoms with Crippen LogP contribution in [-0.4, -0.2) is 67.7 Å². The summed E-state index contributed by atoms with van der Waals surface area (Å²) in [6, 6.07) is 0. The molecule has 0 aromatic heterocycles. The highest BCUT2D eigenvalue weighted by Gasteiger charge is 2.47. The van der Waals surface area contributed by atoms with Gasteiger partial charge in [-0.25, -0.2) is 8.78 Å². The van der Waals surface area contributed by atoms with Gasteiger partial charge < -0.3 is 4.74 Å². The summed E-state index contributed by atoms with van der Waals surface area (Å²) in [5, 5.41) is 0. The quantitative estimate of drug-likeness (QED) is 0.758. The predicted octanol–water partition coefficient (Wildman–Crippen LogP) is 1.68. The molecule has 2 saturated heterocycles. The van der Waals surface area contributed by atoms with E-state index in [4.69, 9.17) is 4.74 Å². The maximum Gasteiger partial charge on any atom is 0.251 e. The number of rotatable bonds is 3. The smallest absolute Gasteiger partial charge is 0.251 e. The third-order valence-corrected chi connectivity index (χ3v) is 3.19. The Morgan fingerprint density at radius 3 is 2.29 bits per heavy atom. The number of hydrogen-bond acceptors (Lipinski definition) is 3. The second-order valence-corrected chi connectivity index (χ2v) is 4.46. The van der Waals surface area contributed by atoms with Crippen LogP contribution in [0.2, 0.25) is 0 Å². The summed E-state index contributed by atoms with van der Waals surface area (Å²) >= 11 is 0. The Kier molecular flexibility index (Phi) is 5.76. The third-order valence-electron chi connectivity index (χ3n) is 3.19. The number of ether oxygens (including phenoxy) is 1. The van der Waals surface area contributed by atoms with Gasteiger partial charge in [0.2, 0.25) is 0 Å². The van der Waals surface area contributed by atoms with Crippen LogP contribution in [0.5, 0.6) is 0 Å². The molecule has 0 aromatic carbocycles. The van der Waals surface area contributed by atoms with E-state index in [1.54, 1.807) is 4.90 Å². The lowest BCUT2D eigenvalue weighted by molar-refractivity contribution is -0.188. The van der Waals surface area contributed by atoms with Crippen molar-refractivity contribution in [3.05, 3.63) is 0 Å². The van der Waals surface area contributed by atoms with Gasteiger partial charge in [0.1, 0.15) is 5.60 Å². The van der Waals surface area contributed by atoms with Gasteiger partial charge in [0.25, 0.3) is 6.43 Å².